The molecule has 9 heteroatoms. The lowest BCUT2D eigenvalue weighted by molar-refractivity contribution is -0.141. The lowest BCUT2D eigenvalue weighted by Gasteiger charge is -2.06. The van der Waals surface area contributed by atoms with Gasteiger partial charge in [-0.2, -0.15) is 13.2 Å². The maximum Gasteiger partial charge on any atom is 0.433 e. The summed E-state index contributed by atoms with van der Waals surface area (Å²) in [5.74, 6) is -0.0188. The first-order chi connectivity index (χ1) is 11.4. The van der Waals surface area contributed by atoms with Crippen molar-refractivity contribution in [2.45, 2.75) is 6.18 Å². The number of aromatic nitrogens is 2. The zero-order valence-electron chi connectivity index (χ0n) is 12.2. The van der Waals surface area contributed by atoms with E-state index in [1.54, 1.807) is 12.1 Å². The van der Waals surface area contributed by atoms with Gasteiger partial charge in [-0.3, -0.25) is 15.1 Å². The second-order valence-corrected chi connectivity index (χ2v) is 5.74. The summed E-state index contributed by atoms with van der Waals surface area (Å²) >= 11 is 1.23. The molecule has 1 aromatic carbocycles. The third-order valence-electron chi connectivity index (χ3n) is 3.14. The summed E-state index contributed by atoms with van der Waals surface area (Å²) in [7, 11) is 1.51. The van der Waals surface area contributed by atoms with Crippen LogP contribution in [0.1, 0.15) is 16.1 Å². The zero-order chi connectivity index (χ0) is 17.3. The van der Waals surface area contributed by atoms with Gasteiger partial charge in [-0.05, 0) is 24.3 Å². The molecule has 0 atom stereocenters. The number of carbonyl (C=O) groups excluding carboxylic acids is 1. The molecular weight excluding hydrogens is 343 g/mol. The first-order valence-corrected chi connectivity index (χ1v) is 7.48. The maximum absolute atomic E-state index is 12.5. The molecule has 124 valence electrons. The molecule has 0 saturated heterocycles. The number of amides is 1. The van der Waals surface area contributed by atoms with Crippen molar-refractivity contribution in [1.82, 2.24) is 9.97 Å². The van der Waals surface area contributed by atoms with E-state index in [4.69, 9.17) is 4.74 Å². The largest absolute Gasteiger partial charge is 0.494 e. The van der Waals surface area contributed by atoms with Gasteiger partial charge in [0.05, 0.1) is 17.4 Å². The molecule has 0 aliphatic heterocycles. The molecule has 2 heterocycles. The lowest BCUT2D eigenvalue weighted by atomic mass is 10.2. The van der Waals surface area contributed by atoms with Crippen molar-refractivity contribution in [3.63, 3.8) is 0 Å². The molecular formula is C15H10F3N3O2S. The predicted molar refractivity (Wildman–Crippen MR) is 83.4 cm³/mol. The monoisotopic (exact) mass is 353 g/mol. The number of alkyl halides is 3. The molecule has 0 bridgehead atoms. The fourth-order valence-electron chi connectivity index (χ4n) is 2.01. The van der Waals surface area contributed by atoms with Crippen LogP contribution in [0.5, 0.6) is 5.75 Å². The second-order valence-electron chi connectivity index (χ2n) is 4.71. The Morgan fingerprint density at radius 2 is 2.04 bits per heavy atom. The summed E-state index contributed by atoms with van der Waals surface area (Å²) in [6, 6.07) is 7.19. The summed E-state index contributed by atoms with van der Waals surface area (Å²) in [5, 5.41) is 2.87. The van der Waals surface area contributed by atoms with E-state index in [0.29, 0.717) is 16.4 Å². The number of methoxy groups -OCH3 is 1. The number of thiazole rings is 1. The molecule has 0 radical (unpaired) electrons. The number of hydrogen-bond donors (Lipinski definition) is 1. The third kappa shape index (κ3) is 3.16. The molecule has 1 amide bonds. The molecule has 24 heavy (non-hydrogen) atoms. The van der Waals surface area contributed by atoms with Crippen molar-refractivity contribution in [1.29, 1.82) is 0 Å². The van der Waals surface area contributed by atoms with E-state index in [2.05, 4.69) is 15.3 Å². The number of nitrogens with one attached hydrogen (secondary N) is 1. The summed E-state index contributed by atoms with van der Waals surface area (Å²) in [6.45, 7) is 0. The molecule has 3 aromatic rings. The number of rotatable bonds is 3. The fourth-order valence-corrected chi connectivity index (χ4v) is 2.89. The topological polar surface area (TPSA) is 64.1 Å². The fraction of sp³-hybridized carbons (Fsp3) is 0.133. The second kappa shape index (κ2) is 6.08. The van der Waals surface area contributed by atoms with Crippen molar-refractivity contribution in [3.8, 4) is 5.75 Å². The Morgan fingerprint density at radius 1 is 1.25 bits per heavy atom. The molecule has 0 fully saturated rings. The normalized spacial score (nSPS) is 11.5. The van der Waals surface area contributed by atoms with Crippen LogP contribution in [0.4, 0.5) is 18.3 Å². The number of hydrogen-bond acceptors (Lipinski definition) is 5. The zero-order valence-corrected chi connectivity index (χ0v) is 13.0. The first kappa shape index (κ1) is 16.2. The van der Waals surface area contributed by atoms with Crippen molar-refractivity contribution in [2.24, 2.45) is 0 Å². The van der Waals surface area contributed by atoms with Gasteiger partial charge in [0.2, 0.25) is 0 Å². The van der Waals surface area contributed by atoms with Crippen LogP contribution in [0.3, 0.4) is 0 Å². The van der Waals surface area contributed by atoms with E-state index in [9.17, 15) is 18.0 Å². The highest BCUT2D eigenvalue weighted by atomic mass is 32.1. The maximum atomic E-state index is 12.5. The van der Waals surface area contributed by atoms with Gasteiger partial charge in [0.15, 0.2) is 5.13 Å². The summed E-state index contributed by atoms with van der Waals surface area (Å²) in [4.78, 5) is 19.6. The summed E-state index contributed by atoms with van der Waals surface area (Å²) < 4.78 is 43.4. The molecule has 1 N–H and O–H groups in total. The minimum absolute atomic E-state index is 0.00854. The molecule has 2 aromatic heterocycles. The molecule has 0 aliphatic rings. The van der Waals surface area contributed by atoms with Crippen LogP contribution >= 0.6 is 11.3 Å². The van der Waals surface area contributed by atoms with E-state index in [0.717, 1.165) is 23.0 Å². The van der Waals surface area contributed by atoms with Gasteiger partial charge in [0.25, 0.3) is 5.91 Å². The Hall–Kier alpha value is -2.68. The van der Waals surface area contributed by atoms with Crippen molar-refractivity contribution in [3.05, 3.63) is 47.8 Å². The lowest BCUT2D eigenvalue weighted by Crippen LogP contribution is -2.14. The third-order valence-corrected chi connectivity index (χ3v) is 4.07. The Morgan fingerprint density at radius 3 is 2.67 bits per heavy atom. The first-order valence-electron chi connectivity index (χ1n) is 6.66. The van der Waals surface area contributed by atoms with Crippen molar-refractivity contribution in [2.75, 3.05) is 12.4 Å². The smallest absolute Gasteiger partial charge is 0.433 e. The highest BCUT2D eigenvalue weighted by Gasteiger charge is 2.32. The van der Waals surface area contributed by atoms with Crippen LogP contribution in [-0.4, -0.2) is 23.0 Å². The van der Waals surface area contributed by atoms with E-state index in [-0.39, 0.29) is 5.56 Å². The SMILES string of the molecule is COc1cccc2sc(NC(=O)c3ccc(C(F)(F)F)nc3)nc12. The van der Waals surface area contributed by atoms with Crippen LogP contribution in [0.15, 0.2) is 36.5 Å². The average molecular weight is 353 g/mol. The predicted octanol–water partition coefficient (Wildman–Crippen LogP) is 3.97. The van der Waals surface area contributed by atoms with Gasteiger partial charge in [-0.25, -0.2) is 4.98 Å². The number of carbonyl (C=O) groups is 1. The minimum Gasteiger partial charge on any atom is -0.494 e. The molecule has 0 saturated carbocycles. The van der Waals surface area contributed by atoms with Gasteiger partial charge < -0.3 is 4.74 Å². The Bertz CT molecular complexity index is 891. The number of ether oxygens (including phenoxy) is 1. The van der Waals surface area contributed by atoms with Crippen LogP contribution < -0.4 is 10.1 Å². The van der Waals surface area contributed by atoms with E-state index in [1.165, 1.54) is 18.4 Å². The van der Waals surface area contributed by atoms with Gasteiger partial charge in [0.1, 0.15) is 17.0 Å². The van der Waals surface area contributed by atoms with Gasteiger partial charge in [-0.1, -0.05) is 17.4 Å². The van der Waals surface area contributed by atoms with E-state index in [1.807, 2.05) is 6.07 Å². The van der Waals surface area contributed by atoms with Gasteiger partial charge >= 0.3 is 6.18 Å². The quantitative estimate of drug-likeness (QED) is 0.774. The highest BCUT2D eigenvalue weighted by Crippen LogP contribution is 2.32. The van der Waals surface area contributed by atoms with Crippen LogP contribution in [0.2, 0.25) is 0 Å². The summed E-state index contributed by atoms with van der Waals surface area (Å²) in [6.07, 6.45) is -3.66. The van der Waals surface area contributed by atoms with E-state index >= 15 is 0 Å². The molecule has 5 nitrogen and oxygen atoms in total. The van der Waals surface area contributed by atoms with Gasteiger partial charge in [0, 0.05) is 6.20 Å². The Balaban J connectivity index is 1.82. The van der Waals surface area contributed by atoms with Crippen LogP contribution in [-0.2, 0) is 6.18 Å². The number of halogens is 3. The minimum atomic E-state index is -4.54. The number of para-hydroxylation sites is 1. The Kier molecular flexibility index (Phi) is 4.10. The van der Waals surface area contributed by atoms with Crippen molar-refractivity contribution < 1.29 is 22.7 Å². The van der Waals surface area contributed by atoms with Crippen molar-refractivity contribution >= 4 is 32.6 Å². The van der Waals surface area contributed by atoms with E-state index < -0.39 is 17.8 Å². The van der Waals surface area contributed by atoms with Crippen LogP contribution in [0.25, 0.3) is 10.2 Å². The molecule has 0 spiro atoms. The highest BCUT2D eigenvalue weighted by molar-refractivity contribution is 7.22. The molecule has 0 aliphatic carbocycles. The molecule has 3 rings (SSSR count). The number of pyridine rings is 1. The van der Waals surface area contributed by atoms with Gasteiger partial charge in [-0.15, -0.1) is 0 Å². The van der Waals surface area contributed by atoms with Crippen LogP contribution in [0, 0.1) is 0 Å². The molecule has 0 unspecified atom stereocenters. The number of anilines is 1. The standard InChI is InChI=1S/C15H10F3N3O2S/c1-23-9-3-2-4-10-12(9)20-14(24-10)21-13(22)8-5-6-11(19-7-8)15(16,17)18/h2-7H,1H3,(H,20,21,22). The number of nitrogens with zero attached hydrogens (tertiary/aromatic N) is 2. The number of benzene rings is 1. The Labute approximate surface area is 138 Å². The average Bonchev–Trinajstić information content (AvgIpc) is 2.96. The number of fused-ring (bicyclic) bond motifs is 1. The summed E-state index contributed by atoms with van der Waals surface area (Å²) in [5.41, 5.74) is -0.441.